The lowest BCUT2D eigenvalue weighted by molar-refractivity contribution is -0.113. The predicted molar refractivity (Wildman–Crippen MR) is 136 cm³/mol. The van der Waals surface area contributed by atoms with E-state index in [4.69, 9.17) is 4.74 Å². The van der Waals surface area contributed by atoms with Crippen LogP contribution in [0.1, 0.15) is 17.4 Å². The summed E-state index contributed by atoms with van der Waals surface area (Å²) in [6, 6.07) is 15.8. The number of aryl methyl sites for hydroxylation is 2. The largest absolute Gasteiger partial charge is 0.497 e. The molecule has 0 saturated carbocycles. The second kappa shape index (κ2) is 10.2. The summed E-state index contributed by atoms with van der Waals surface area (Å²) >= 11 is 3.10. The van der Waals surface area contributed by atoms with Gasteiger partial charge in [0.2, 0.25) is 5.91 Å². The Kier molecular flexibility index (Phi) is 7.15. The molecule has 33 heavy (non-hydrogen) atoms. The Hall–Kier alpha value is -3.10. The van der Waals surface area contributed by atoms with E-state index in [9.17, 15) is 4.79 Å². The van der Waals surface area contributed by atoms with Gasteiger partial charge in [-0.25, -0.2) is 0 Å². The molecule has 2 aromatic carbocycles. The Morgan fingerprint density at radius 1 is 1.09 bits per heavy atom. The molecule has 0 aliphatic rings. The van der Waals surface area contributed by atoms with E-state index in [1.807, 2.05) is 24.3 Å². The van der Waals surface area contributed by atoms with E-state index in [1.54, 1.807) is 18.4 Å². The van der Waals surface area contributed by atoms with Crippen molar-refractivity contribution in [1.82, 2.24) is 14.8 Å². The number of rotatable bonds is 8. The SMILES string of the molecule is CCn1c(SCC(=O)Nc2ccc(OC)cc2)nnc1-c1csc(C)c1-c1ccc(C)cc1. The molecule has 0 bridgehead atoms. The third-order valence-corrected chi connectivity index (χ3v) is 7.17. The third kappa shape index (κ3) is 5.12. The van der Waals surface area contributed by atoms with Crippen molar-refractivity contribution in [1.29, 1.82) is 0 Å². The normalized spacial score (nSPS) is 10.9. The molecule has 2 heterocycles. The summed E-state index contributed by atoms with van der Waals surface area (Å²) in [5.74, 6) is 1.73. The average molecular weight is 479 g/mol. The van der Waals surface area contributed by atoms with E-state index in [0.717, 1.165) is 28.0 Å². The molecule has 4 rings (SSSR count). The van der Waals surface area contributed by atoms with Crippen molar-refractivity contribution in [2.45, 2.75) is 32.5 Å². The second-order valence-corrected chi connectivity index (χ2v) is 9.59. The molecule has 0 spiro atoms. The number of thiophene rings is 1. The maximum Gasteiger partial charge on any atom is 0.234 e. The monoisotopic (exact) mass is 478 g/mol. The van der Waals surface area contributed by atoms with Crippen LogP contribution >= 0.6 is 23.1 Å². The predicted octanol–water partition coefficient (Wildman–Crippen LogP) is 6.05. The van der Waals surface area contributed by atoms with Gasteiger partial charge in [0.15, 0.2) is 11.0 Å². The van der Waals surface area contributed by atoms with Crippen molar-refractivity contribution in [3.63, 3.8) is 0 Å². The first-order valence-corrected chi connectivity index (χ1v) is 12.5. The Morgan fingerprint density at radius 3 is 2.48 bits per heavy atom. The standard InChI is InChI=1S/C25H26N4O2S2/c1-5-29-24(21-14-32-17(3)23(21)18-8-6-16(2)7-9-18)27-28-25(29)33-15-22(30)26-19-10-12-20(31-4)13-11-19/h6-14H,5,15H2,1-4H3,(H,26,30). The van der Waals surface area contributed by atoms with Gasteiger partial charge in [-0.15, -0.1) is 21.5 Å². The van der Waals surface area contributed by atoms with Crippen LogP contribution in [0.3, 0.4) is 0 Å². The van der Waals surface area contributed by atoms with Gasteiger partial charge in [0, 0.05) is 33.6 Å². The molecule has 4 aromatic rings. The van der Waals surface area contributed by atoms with E-state index >= 15 is 0 Å². The van der Waals surface area contributed by atoms with Crippen LogP contribution in [0, 0.1) is 13.8 Å². The molecule has 0 unspecified atom stereocenters. The number of hydrogen-bond acceptors (Lipinski definition) is 6. The summed E-state index contributed by atoms with van der Waals surface area (Å²) in [6.45, 7) is 7.01. The van der Waals surface area contributed by atoms with Crippen LogP contribution in [0.15, 0.2) is 59.1 Å². The van der Waals surface area contributed by atoms with Crippen molar-refractivity contribution < 1.29 is 9.53 Å². The van der Waals surface area contributed by atoms with Gasteiger partial charge in [0.05, 0.1) is 12.9 Å². The van der Waals surface area contributed by atoms with E-state index in [0.29, 0.717) is 6.54 Å². The smallest absolute Gasteiger partial charge is 0.234 e. The first-order chi connectivity index (χ1) is 16.0. The number of carbonyl (C=O) groups is 1. The van der Waals surface area contributed by atoms with Crippen molar-refractivity contribution in [3.05, 3.63) is 64.4 Å². The Bertz CT molecular complexity index is 1240. The fourth-order valence-corrected chi connectivity index (χ4v) is 5.25. The fraction of sp³-hybridized carbons (Fsp3) is 0.240. The summed E-state index contributed by atoms with van der Waals surface area (Å²) in [5.41, 5.74) is 5.40. The number of ether oxygens (including phenoxy) is 1. The highest BCUT2D eigenvalue weighted by Crippen LogP contribution is 2.39. The second-order valence-electron chi connectivity index (χ2n) is 7.56. The van der Waals surface area contributed by atoms with Crippen LogP contribution < -0.4 is 10.1 Å². The highest BCUT2D eigenvalue weighted by atomic mass is 32.2. The number of nitrogens with one attached hydrogen (secondary N) is 1. The highest BCUT2D eigenvalue weighted by Gasteiger charge is 2.20. The van der Waals surface area contributed by atoms with E-state index in [1.165, 1.54) is 33.3 Å². The maximum atomic E-state index is 12.5. The van der Waals surface area contributed by atoms with Crippen LogP contribution in [0.4, 0.5) is 5.69 Å². The molecule has 0 atom stereocenters. The van der Waals surface area contributed by atoms with Crippen LogP contribution in [-0.2, 0) is 11.3 Å². The van der Waals surface area contributed by atoms with Gasteiger partial charge in [-0.05, 0) is 50.6 Å². The lowest BCUT2D eigenvalue weighted by Crippen LogP contribution is -2.14. The zero-order valence-corrected chi connectivity index (χ0v) is 20.7. The molecule has 0 radical (unpaired) electrons. The quantitative estimate of drug-likeness (QED) is 0.312. The van der Waals surface area contributed by atoms with Crippen molar-refractivity contribution in [2.75, 3.05) is 18.2 Å². The average Bonchev–Trinajstić information content (AvgIpc) is 3.41. The topological polar surface area (TPSA) is 69.0 Å². The number of hydrogen-bond donors (Lipinski definition) is 1. The van der Waals surface area contributed by atoms with E-state index in [-0.39, 0.29) is 11.7 Å². The molecular weight excluding hydrogens is 452 g/mol. The van der Waals surface area contributed by atoms with Gasteiger partial charge in [-0.3, -0.25) is 4.79 Å². The van der Waals surface area contributed by atoms with Gasteiger partial charge >= 0.3 is 0 Å². The molecule has 170 valence electrons. The molecule has 1 amide bonds. The third-order valence-electron chi connectivity index (χ3n) is 5.30. The number of thioether (sulfide) groups is 1. The number of amides is 1. The van der Waals surface area contributed by atoms with Crippen LogP contribution in [0.2, 0.25) is 0 Å². The van der Waals surface area contributed by atoms with Crippen molar-refractivity contribution >= 4 is 34.7 Å². The first-order valence-electron chi connectivity index (χ1n) is 10.7. The summed E-state index contributed by atoms with van der Waals surface area (Å²) in [6.07, 6.45) is 0. The number of nitrogens with zero attached hydrogens (tertiary/aromatic N) is 3. The van der Waals surface area contributed by atoms with E-state index < -0.39 is 0 Å². The number of carbonyl (C=O) groups excluding carboxylic acids is 1. The number of anilines is 1. The Labute approximate surface area is 202 Å². The van der Waals surface area contributed by atoms with Gasteiger partial charge < -0.3 is 14.6 Å². The first kappa shape index (κ1) is 23.1. The zero-order valence-electron chi connectivity index (χ0n) is 19.1. The number of benzene rings is 2. The molecule has 1 N–H and O–H groups in total. The van der Waals surface area contributed by atoms with Gasteiger partial charge in [0.25, 0.3) is 0 Å². The fourth-order valence-electron chi connectivity index (χ4n) is 3.58. The molecule has 2 aromatic heterocycles. The van der Waals surface area contributed by atoms with Gasteiger partial charge in [-0.1, -0.05) is 41.6 Å². The zero-order chi connectivity index (χ0) is 23.4. The summed E-state index contributed by atoms with van der Waals surface area (Å²) < 4.78 is 7.23. The minimum absolute atomic E-state index is 0.0934. The summed E-state index contributed by atoms with van der Waals surface area (Å²) in [7, 11) is 1.61. The molecule has 8 heteroatoms. The van der Waals surface area contributed by atoms with Crippen LogP contribution in [-0.4, -0.2) is 33.5 Å². The van der Waals surface area contributed by atoms with Gasteiger partial charge in [0.1, 0.15) is 5.75 Å². The lowest BCUT2D eigenvalue weighted by atomic mass is 10.0. The minimum Gasteiger partial charge on any atom is -0.497 e. The number of aromatic nitrogens is 3. The maximum absolute atomic E-state index is 12.5. The molecule has 0 aliphatic carbocycles. The van der Waals surface area contributed by atoms with Crippen LogP contribution in [0.5, 0.6) is 5.75 Å². The number of methoxy groups -OCH3 is 1. The minimum atomic E-state index is -0.0934. The lowest BCUT2D eigenvalue weighted by Gasteiger charge is -2.10. The van der Waals surface area contributed by atoms with Crippen LogP contribution in [0.25, 0.3) is 22.5 Å². The van der Waals surface area contributed by atoms with Crippen molar-refractivity contribution in [3.8, 4) is 28.3 Å². The Balaban J connectivity index is 1.52. The Morgan fingerprint density at radius 2 is 1.82 bits per heavy atom. The molecular formula is C25H26N4O2S2. The van der Waals surface area contributed by atoms with Crippen molar-refractivity contribution in [2.24, 2.45) is 0 Å². The highest BCUT2D eigenvalue weighted by molar-refractivity contribution is 7.99. The molecule has 0 saturated heterocycles. The summed E-state index contributed by atoms with van der Waals surface area (Å²) in [4.78, 5) is 13.7. The molecule has 0 aliphatic heterocycles. The summed E-state index contributed by atoms with van der Waals surface area (Å²) in [5, 5.41) is 14.7. The molecule has 0 fully saturated rings. The van der Waals surface area contributed by atoms with E-state index in [2.05, 4.69) is 70.5 Å². The van der Waals surface area contributed by atoms with Gasteiger partial charge in [-0.2, -0.15) is 0 Å². The molecule has 6 nitrogen and oxygen atoms in total.